The third-order valence-electron chi connectivity index (χ3n) is 2.57. The number of aliphatic imine (C=N–C) groups is 1. The predicted molar refractivity (Wildman–Crippen MR) is 60.1 cm³/mol. The SMILES string of the molecule is CC1CCC(c2cc[c]c(Cl)c2)=NC1. The fourth-order valence-electron chi connectivity index (χ4n) is 1.67. The van der Waals surface area contributed by atoms with Crippen molar-refractivity contribution in [2.45, 2.75) is 19.8 Å². The molecule has 0 N–H and O–H groups in total. The van der Waals surface area contributed by atoms with Gasteiger partial charge in [-0.3, -0.25) is 4.99 Å². The second-order valence-corrected chi connectivity index (χ2v) is 4.26. The molecule has 2 rings (SSSR count). The molecule has 73 valence electrons. The van der Waals surface area contributed by atoms with Crippen molar-refractivity contribution in [3.63, 3.8) is 0 Å². The summed E-state index contributed by atoms with van der Waals surface area (Å²) in [5.74, 6) is 0.726. The normalized spacial score (nSPS) is 21.9. The van der Waals surface area contributed by atoms with Crippen LogP contribution in [0.2, 0.25) is 5.02 Å². The number of nitrogens with zero attached hydrogens (tertiary/aromatic N) is 1. The Morgan fingerprint density at radius 1 is 1.57 bits per heavy atom. The first-order valence-corrected chi connectivity index (χ1v) is 5.34. The standard InChI is InChI=1S/C12H13ClN/c1-9-5-6-12(14-8-9)10-3-2-4-11(13)7-10/h2-3,7,9H,5-6,8H2,1H3. The van der Waals surface area contributed by atoms with Crippen molar-refractivity contribution in [1.29, 1.82) is 0 Å². The molecule has 1 unspecified atom stereocenters. The van der Waals surface area contributed by atoms with Crippen molar-refractivity contribution in [3.8, 4) is 0 Å². The summed E-state index contributed by atoms with van der Waals surface area (Å²) < 4.78 is 0. The highest BCUT2D eigenvalue weighted by atomic mass is 35.5. The van der Waals surface area contributed by atoms with Gasteiger partial charge in [0.25, 0.3) is 0 Å². The van der Waals surface area contributed by atoms with Gasteiger partial charge in [-0.2, -0.15) is 0 Å². The Morgan fingerprint density at radius 3 is 3.07 bits per heavy atom. The van der Waals surface area contributed by atoms with E-state index in [2.05, 4.69) is 18.0 Å². The highest BCUT2D eigenvalue weighted by molar-refractivity contribution is 6.30. The van der Waals surface area contributed by atoms with E-state index in [1.54, 1.807) is 0 Å². The van der Waals surface area contributed by atoms with Crippen LogP contribution >= 0.6 is 11.6 Å². The van der Waals surface area contributed by atoms with Crippen LogP contribution in [0.25, 0.3) is 0 Å². The van der Waals surface area contributed by atoms with E-state index >= 15 is 0 Å². The number of hydrogen-bond donors (Lipinski definition) is 0. The molecule has 1 radical (unpaired) electrons. The van der Waals surface area contributed by atoms with Gasteiger partial charge >= 0.3 is 0 Å². The minimum absolute atomic E-state index is 0.670. The van der Waals surface area contributed by atoms with E-state index in [9.17, 15) is 0 Å². The Labute approximate surface area is 89.8 Å². The van der Waals surface area contributed by atoms with Crippen LogP contribution in [0.5, 0.6) is 0 Å². The molecule has 0 aromatic heterocycles. The van der Waals surface area contributed by atoms with Gasteiger partial charge in [0.1, 0.15) is 0 Å². The topological polar surface area (TPSA) is 12.4 Å². The molecule has 0 amide bonds. The molecule has 14 heavy (non-hydrogen) atoms. The van der Waals surface area contributed by atoms with Crippen molar-refractivity contribution in [1.82, 2.24) is 0 Å². The van der Waals surface area contributed by atoms with Gasteiger partial charge in [-0.15, -0.1) is 0 Å². The maximum Gasteiger partial charge on any atom is 0.0491 e. The monoisotopic (exact) mass is 206 g/mol. The highest BCUT2D eigenvalue weighted by Gasteiger charge is 2.12. The average molecular weight is 207 g/mol. The largest absolute Gasteiger partial charge is 0.289 e. The van der Waals surface area contributed by atoms with Gasteiger partial charge in [0, 0.05) is 23.3 Å². The molecular weight excluding hydrogens is 194 g/mol. The van der Waals surface area contributed by atoms with E-state index < -0.39 is 0 Å². The Hall–Kier alpha value is -0.820. The summed E-state index contributed by atoms with van der Waals surface area (Å²) in [5, 5.41) is 0.670. The second kappa shape index (κ2) is 4.14. The highest BCUT2D eigenvalue weighted by Crippen LogP contribution is 2.19. The summed E-state index contributed by atoms with van der Waals surface area (Å²) in [6.45, 7) is 3.19. The molecule has 0 fully saturated rings. The number of rotatable bonds is 1. The Kier molecular flexibility index (Phi) is 2.87. The van der Waals surface area contributed by atoms with Crippen LogP contribution in [0.15, 0.2) is 23.2 Å². The van der Waals surface area contributed by atoms with Crippen LogP contribution in [0, 0.1) is 12.0 Å². The molecule has 0 saturated heterocycles. The lowest BCUT2D eigenvalue weighted by Crippen LogP contribution is -2.14. The van der Waals surface area contributed by atoms with Crippen LogP contribution in [0.4, 0.5) is 0 Å². The fraction of sp³-hybridized carbons (Fsp3) is 0.417. The second-order valence-electron chi connectivity index (χ2n) is 3.86. The molecule has 1 aromatic rings. The summed E-state index contributed by atoms with van der Waals surface area (Å²) in [5.41, 5.74) is 2.35. The molecule has 0 spiro atoms. The lowest BCUT2D eigenvalue weighted by Gasteiger charge is -2.17. The molecule has 1 nitrogen and oxygen atoms in total. The molecular formula is C12H13ClN. The molecule has 0 aliphatic carbocycles. The summed E-state index contributed by atoms with van der Waals surface area (Å²) in [6.07, 6.45) is 2.30. The quantitative estimate of drug-likeness (QED) is 0.668. The van der Waals surface area contributed by atoms with E-state index in [-0.39, 0.29) is 0 Å². The Morgan fingerprint density at radius 2 is 2.43 bits per heavy atom. The van der Waals surface area contributed by atoms with Crippen LogP contribution in [0.1, 0.15) is 25.3 Å². The third kappa shape index (κ3) is 2.16. The van der Waals surface area contributed by atoms with Crippen molar-refractivity contribution in [3.05, 3.63) is 34.9 Å². The van der Waals surface area contributed by atoms with Crippen molar-refractivity contribution >= 4 is 17.3 Å². The summed E-state index contributed by atoms with van der Waals surface area (Å²) in [4.78, 5) is 4.57. The van der Waals surface area contributed by atoms with Crippen molar-refractivity contribution in [2.24, 2.45) is 10.9 Å². The molecule has 2 heteroatoms. The Balaban J connectivity index is 2.23. The first kappa shape index (κ1) is 9.72. The zero-order chi connectivity index (χ0) is 9.97. The van der Waals surface area contributed by atoms with E-state index in [1.165, 1.54) is 12.1 Å². The van der Waals surface area contributed by atoms with E-state index in [1.807, 2.05) is 18.2 Å². The first-order valence-electron chi connectivity index (χ1n) is 4.96. The molecule has 1 atom stereocenters. The minimum Gasteiger partial charge on any atom is -0.289 e. The maximum atomic E-state index is 5.88. The average Bonchev–Trinajstić information content (AvgIpc) is 2.19. The lowest BCUT2D eigenvalue weighted by atomic mass is 9.96. The van der Waals surface area contributed by atoms with Crippen molar-refractivity contribution < 1.29 is 0 Å². The van der Waals surface area contributed by atoms with E-state index in [0.717, 1.165) is 24.4 Å². The predicted octanol–water partition coefficient (Wildman–Crippen LogP) is 3.36. The van der Waals surface area contributed by atoms with E-state index in [4.69, 9.17) is 11.6 Å². The molecule has 0 bridgehead atoms. The minimum atomic E-state index is 0.670. The lowest BCUT2D eigenvalue weighted by molar-refractivity contribution is 0.538. The fourth-order valence-corrected chi connectivity index (χ4v) is 1.85. The first-order chi connectivity index (χ1) is 6.75. The third-order valence-corrected chi connectivity index (χ3v) is 2.79. The number of benzene rings is 1. The molecule has 0 saturated carbocycles. The molecule has 1 aliphatic heterocycles. The van der Waals surface area contributed by atoms with Gasteiger partial charge < -0.3 is 0 Å². The maximum absolute atomic E-state index is 5.88. The number of halogens is 1. The van der Waals surface area contributed by atoms with Crippen LogP contribution < -0.4 is 0 Å². The smallest absolute Gasteiger partial charge is 0.0491 e. The molecule has 1 aliphatic rings. The summed E-state index contributed by atoms with van der Waals surface area (Å²) in [7, 11) is 0. The Bertz CT molecular complexity index is 357. The van der Waals surface area contributed by atoms with Gasteiger partial charge in [-0.05, 0) is 30.4 Å². The van der Waals surface area contributed by atoms with Gasteiger partial charge in [0.2, 0.25) is 0 Å². The zero-order valence-electron chi connectivity index (χ0n) is 8.26. The van der Waals surface area contributed by atoms with Crippen LogP contribution in [-0.4, -0.2) is 12.3 Å². The van der Waals surface area contributed by atoms with Gasteiger partial charge in [0.05, 0.1) is 0 Å². The van der Waals surface area contributed by atoms with Gasteiger partial charge in [-0.1, -0.05) is 30.7 Å². The van der Waals surface area contributed by atoms with Gasteiger partial charge in [0.15, 0.2) is 0 Å². The van der Waals surface area contributed by atoms with Crippen LogP contribution in [0.3, 0.4) is 0 Å². The number of hydrogen-bond acceptors (Lipinski definition) is 1. The summed E-state index contributed by atoms with van der Waals surface area (Å²) in [6, 6.07) is 8.76. The van der Waals surface area contributed by atoms with Crippen molar-refractivity contribution in [2.75, 3.05) is 6.54 Å². The van der Waals surface area contributed by atoms with Gasteiger partial charge in [-0.25, -0.2) is 0 Å². The zero-order valence-corrected chi connectivity index (χ0v) is 9.01. The summed E-state index contributed by atoms with van der Waals surface area (Å²) >= 11 is 5.88. The molecule has 1 heterocycles. The molecule has 1 aromatic carbocycles. The van der Waals surface area contributed by atoms with E-state index in [0.29, 0.717) is 5.02 Å². The van der Waals surface area contributed by atoms with Crippen LogP contribution in [-0.2, 0) is 0 Å².